The number of amides is 1. The Morgan fingerprint density at radius 2 is 1.79 bits per heavy atom. The van der Waals surface area contributed by atoms with Crippen molar-refractivity contribution in [3.8, 4) is 6.07 Å². The van der Waals surface area contributed by atoms with E-state index in [9.17, 15) is 10.1 Å². The lowest BCUT2D eigenvalue weighted by atomic mass is 10.2. The summed E-state index contributed by atoms with van der Waals surface area (Å²) in [5.74, 6) is -0.191. The average molecular weight is 336 g/mol. The van der Waals surface area contributed by atoms with E-state index in [0.29, 0.717) is 26.2 Å². The molecule has 134 valence electrons. The van der Waals surface area contributed by atoms with Gasteiger partial charge in [0, 0.05) is 71.6 Å². The third-order valence-corrected chi connectivity index (χ3v) is 4.38. The van der Waals surface area contributed by atoms with Crippen molar-refractivity contribution in [1.82, 2.24) is 20.0 Å². The summed E-state index contributed by atoms with van der Waals surface area (Å²) in [5.41, 5.74) is 5.72. The van der Waals surface area contributed by atoms with E-state index in [1.165, 1.54) is 0 Å². The van der Waals surface area contributed by atoms with E-state index in [-0.39, 0.29) is 11.5 Å². The first kappa shape index (κ1) is 18.7. The topological polar surface area (TPSA) is 97.9 Å². The highest BCUT2D eigenvalue weighted by atomic mass is 16.5. The second kappa shape index (κ2) is 10.3. The smallest absolute Gasteiger partial charge is 0.266 e. The van der Waals surface area contributed by atoms with E-state index < -0.39 is 0 Å². The van der Waals surface area contributed by atoms with Crippen LogP contribution in [0.15, 0.2) is 11.8 Å². The summed E-state index contributed by atoms with van der Waals surface area (Å²) in [4.78, 5) is 18.7. The first-order valence-electron chi connectivity index (χ1n) is 8.60. The maximum absolute atomic E-state index is 12.4. The molecule has 2 rings (SSSR count). The molecular weight excluding hydrogens is 308 g/mol. The van der Waals surface area contributed by atoms with Crippen LogP contribution < -0.4 is 11.1 Å². The van der Waals surface area contributed by atoms with E-state index in [4.69, 9.17) is 10.5 Å². The van der Waals surface area contributed by atoms with Crippen molar-refractivity contribution in [2.45, 2.75) is 0 Å². The maximum Gasteiger partial charge on any atom is 0.266 e. The number of carbonyl (C=O) groups is 1. The lowest BCUT2D eigenvalue weighted by Crippen LogP contribution is -2.50. The Balaban J connectivity index is 1.73. The zero-order valence-corrected chi connectivity index (χ0v) is 14.2. The maximum atomic E-state index is 12.4. The Hall–Kier alpha value is -1.66. The van der Waals surface area contributed by atoms with Gasteiger partial charge in [-0.05, 0) is 0 Å². The molecule has 0 atom stereocenters. The molecule has 0 saturated carbocycles. The van der Waals surface area contributed by atoms with Gasteiger partial charge in [0.1, 0.15) is 11.6 Å². The molecule has 2 heterocycles. The number of carbonyl (C=O) groups excluding carboxylic acids is 1. The Morgan fingerprint density at radius 3 is 2.42 bits per heavy atom. The lowest BCUT2D eigenvalue weighted by Gasteiger charge is -2.34. The van der Waals surface area contributed by atoms with Gasteiger partial charge in [0.2, 0.25) is 0 Å². The molecule has 3 N–H and O–H groups in total. The Labute approximate surface area is 143 Å². The molecule has 0 radical (unpaired) electrons. The SMILES string of the molecule is N#C/C(=C/NCCN1CCOCC1)C(=O)N1CCN(CCN)CC1. The second-order valence-corrected chi connectivity index (χ2v) is 6.00. The molecule has 2 saturated heterocycles. The van der Waals surface area contributed by atoms with Crippen LogP contribution >= 0.6 is 0 Å². The molecule has 0 aromatic heterocycles. The first-order valence-corrected chi connectivity index (χ1v) is 8.60. The summed E-state index contributed by atoms with van der Waals surface area (Å²) in [5, 5.41) is 12.3. The number of hydrogen-bond acceptors (Lipinski definition) is 7. The van der Waals surface area contributed by atoms with Crippen LogP contribution in [-0.2, 0) is 9.53 Å². The largest absolute Gasteiger partial charge is 0.388 e. The van der Waals surface area contributed by atoms with Gasteiger partial charge in [-0.25, -0.2) is 0 Å². The van der Waals surface area contributed by atoms with Crippen LogP contribution in [0.2, 0.25) is 0 Å². The number of morpholine rings is 1. The Kier molecular flexibility index (Phi) is 7.98. The summed E-state index contributed by atoms with van der Waals surface area (Å²) in [6.07, 6.45) is 1.55. The highest BCUT2D eigenvalue weighted by molar-refractivity contribution is 5.97. The van der Waals surface area contributed by atoms with Crippen molar-refractivity contribution in [3.63, 3.8) is 0 Å². The van der Waals surface area contributed by atoms with Crippen LogP contribution in [0.25, 0.3) is 0 Å². The average Bonchev–Trinajstić information content (AvgIpc) is 2.63. The molecule has 24 heavy (non-hydrogen) atoms. The van der Waals surface area contributed by atoms with E-state index in [2.05, 4.69) is 15.1 Å². The minimum Gasteiger partial charge on any atom is -0.388 e. The number of hydrogen-bond donors (Lipinski definition) is 2. The van der Waals surface area contributed by atoms with Crippen LogP contribution in [0, 0.1) is 11.3 Å². The Bertz CT molecular complexity index is 462. The Morgan fingerprint density at radius 1 is 1.12 bits per heavy atom. The van der Waals surface area contributed by atoms with Crippen LogP contribution in [0.3, 0.4) is 0 Å². The fraction of sp³-hybridized carbons (Fsp3) is 0.750. The summed E-state index contributed by atoms with van der Waals surface area (Å²) >= 11 is 0. The standard InChI is InChI=1S/C16H28N6O2/c17-1-3-20-5-7-22(8-6-20)16(23)15(13-18)14-19-2-4-21-9-11-24-12-10-21/h14,19H,1-12,17H2/b15-14-. The van der Waals surface area contributed by atoms with E-state index in [1.807, 2.05) is 6.07 Å². The number of nitrogens with one attached hydrogen (secondary N) is 1. The van der Waals surface area contributed by atoms with Crippen molar-refractivity contribution >= 4 is 5.91 Å². The van der Waals surface area contributed by atoms with Gasteiger partial charge in [0.15, 0.2) is 0 Å². The van der Waals surface area contributed by atoms with Crippen LogP contribution in [0.5, 0.6) is 0 Å². The zero-order valence-electron chi connectivity index (χ0n) is 14.2. The monoisotopic (exact) mass is 336 g/mol. The zero-order chi connectivity index (χ0) is 17.2. The van der Waals surface area contributed by atoms with Crippen LogP contribution in [0.4, 0.5) is 0 Å². The van der Waals surface area contributed by atoms with Crippen molar-refractivity contribution in [2.24, 2.45) is 5.73 Å². The highest BCUT2D eigenvalue weighted by Gasteiger charge is 2.23. The van der Waals surface area contributed by atoms with Gasteiger partial charge in [0.25, 0.3) is 5.91 Å². The molecule has 0 aromatic rings. The van der Waals surface area contributed by atoms with Gasteiger partial charge in [-0.1, -0.05) is 0 Å². The summed E-state index contributed by atoms with van der Waals surface area (Å²) < 4.78 is 5.31. The lowest BCUT2D eigenvalue weighted by molar-refractivity contribution is -0.128. The minimum absolute atomic E-state index is 0.171. The molecule has 2 fully saturated rings. The van der Waals surface area contributed by atoms with Gasteiger partial charge in [0.05, 0.1) is 13.2 Å². The number of nitriles is 1. The molecule has 2 aliphatic heterocycles. The molecule has 0 aromatic carbocycles. The van der Waals surface area contributed by atoms with Gasteiger partial charge < -0.3 is 20.7 Å². The molecule has 8 heteroatoms. The van der Waals surface area contributed by atoms with Gasteiger partial charge in [-0.3, -0.25) is 14.6 Å². The molecule has 0 unspecified atom stereocenters. The number of nitrogens with two attached hydrogens (primary N) is 1. The molecule has 0 bridgehead atoms. The van der Waals surface area contributed by atoms with Crippen molar-refractivity contribution in [3.05, 3.63) is 11.8 Å². The third kappa shape index (κ3) is 5.76. The number of ether oxygens (including phenoxy) is 1. The molecular formula is C16H28N6O2. The molecule has 8 nitrogen and oxygen atoms in total. The minimum atomic E-state index is -0.191. The fourth-order valence-electron chi connectivity index (χ4n) is 2.89. The number of rotatable bonds is 7. The predicted octanol–water partition coefficient (Wildman–Crippen LogP) is -1.58. The van der Waals surface area contributed by atoms with Crippen molar-refractivity contribution < 1.29 is 9.53 Å². The number of piperazine rings is 1. The highest BCUT2D eigenvalue weighted by Crippen LogP contribution is 2.06. The van der Waals surface area contributed by atoms with E-state index >= 15 is 0 Å². The van der Waals surface area contributed by atoms with Crippen molar-refractivity contribution in [1.29, 1.82) is 5.26 Å². The van der Waals surface area contributed by atoms with Crippen LogP contribution in [-0.4, -0.2) is 99.3 Å². The molecule has 0 spiro atoms. The van der Waals surface area contributed by atoms with Gasteiger partial charge in [-0.15, -0.1) is 0 Å². The first-order chi connectivity index (χ1) is 11.7. The van der Waals surface area contributed by atoms with Gasteiger partial charge >= 0.3 is 0 Å². The quantitative estimate of drug-likeness (QED) is 0.329. The summed E-state index contributed by atoms with van der Waals surface area (Å²) in [6, 6.07) is 2.01. The van der Waals surface area contributed by atoms with Crippen LogP contribution in [0.1, 0.15) is 0 Å². The van der Waals surface area contributed by atoms with Gasteiger partial charge in [-0.2, -0.15) is 5.26 Å². The number of nitrogens with zero attached hydrogens (tertiary/aromatic N) is 4. The second-order valence-electron chi connectivity index (χ2n) is 6.00. The summed E-state index contributed by atoms with van der Waals surface area (Å²) in [6.45, 7) is 9.39. The normalized spacial score (nSPS) is 20.7. The predicted molar refractivity (Wildman–Crippen MR) is 91.0 cm³/mol. The molecule has 0 aliphatic carbocycles. The summed E-state index contributed by atoms with van der Waals surface area (Å²) in [7, 11) is 0. The fourth-order valence-corrected chi connectivity index (χ4v) is 2.89. The molecule has 1 amide bonds. The van der Waals surface area contributed by atoms with E-state index in [0.717, 1.165) is 52.5 Å². The van der Waals surface area contributed by atoms with Crippen molar-refractivity contribution in [2.75, 3.05) is 78.7 Å². The van der Waals surface area contributed by atoms with E-state index in [1.54, 1.807) is 11.1 Å². The molecule has 2 aliphatic rings. The third-order valence-electron chi connectivity index (χ3n) is 4.38.